The number of amides is 1. The highest BCUT2D eigenvalue weighted by atomic mass is 32.1. The van der Waals surface area contributed by atoms with Gasteiger partial charge in [0.2, 0.25) is 0 Å². The maximum atomic E-state index is 13.3. The minimum atomic E-state index is -0.223. The van der Waals surface area contributed by atoms with Crippen molar-refractivity contribution in [1.82, 2.24) is 9.97 Å². The van der Waals surface area contributed by atoms with Gasteiger partial charge in [-0.2, -0.15) is 0 Å². The lowest BCUT2D eigenvalue weighted by Gasteiger charge is -2.09. The molecule has 33 heavy (non-hydrogen) atoms. The van der Waals surface area contributed by atoms with E-state index in [4.69, 9.17) is 14.5 Å². The standard InChI is InChI=1S/C25H19N3O3S2/c1-30-21-10-9-15(12-22(21)31-2)20-14-33-25(27-20)28-24(29)17-13-19(23-8-5-11-32-23)26-18-7-4-3-6-16(17)18/h3-14H,1-2H3,(H,27,28,29). The summed E-state index contributed by atoms with van der Waals surface area (Å²) >= 11 is 2.96. The van der Waals surface area contributed by atoms with Crippen LogP contribution in [0, 0.1) is 0 Å². The normalized spacial score (nSPS) is 10.8. The number of thiophene rings is 1. The largest absolute Gasteiger partial charge is 0.493 e. The molecule has 0 aliphatic rings. The Morgan fingerprint density at radius 1 is 0.879 bits per heavy atom. The molecule has 164 valence electrons. The molecule has 2 aromatic carbocycles. The van der Waals surface area contributed by atoms with Crippen molar-refractivity contribution < 1.29 is 14.3 Å². The van der Waals surface area contributed by atoms with E-state index in [9.17, 15) is 4.79 Å². The molecule has 0 radical (unpaired) electrons. The average molecular weight is 474 g/mol. The van der Waals surface area contributed by atoms with Crippen LogP contribution in [0.25, 0.3) is 32.7 Å². The number of rotatable bonds is 6. The number of benzene rings is 2. The van der Waals surface area contributed by atoms with Gasteiger partial charge in [0.1, 0.15) is 0 Å². The first-order valence-electron chi connectivity index (χ1n) is 10.1. The van der Waals surface area contributed by atoms with Crippen molar-refractivity contribution in [1.29, 1.82) is 0 Å². The number of hydrogen-bond acceptors (Lipinski definition) is 7. The van der Waals surface area contributed by atoms with Crippen LogP contribution in [0.4, 0.5) is 5.13 Å². The van der Waals surface area contributed by atoms with Crippen molar-refractivity contribution in [3.8, 4) is 33.3 Å². The number of aromatic nitrogens is 2. The number of ether oxygens (including phenoxy) is 2. The summed E-state index contributed by atoms with van der Waals surface area (Å²) in [6, 6.07) is 19.1. The second-order valence-electron chi connectivity index (χ2n) is 7.11. The summed E-state index contributed by atoms with van der Waals surface area (Å²) in [7, 11) is 3.19. The van der Waals surface area contributed by atoms with Crippen LogP contribution in [0.5, 0.6) is 11.5 Å². The number of nitrogens with zero attached hydrogens (tertiary/aromatic N) is 2. The number of fused-ring (bicyclic) bond motifs is 1. The summed E-state index contributed by atoms with van der Waals surface area (Å²) in [6.45, 7) is 0. The van der Waals surface area contributed by atoms with Crippen LogP contribution in [0.2, 0.25) is 0 Å². The van der Waals surface area contributed by atoms with E-state index in [0.717, 1.165) is 32.7 Å². The molecule has 1 amide bonds. The van der Waals surface area contributed by atoms with Gasteiger partial charge >= 0.3 is 0 Å². The molecule has 0 spiro atoms. The second kappa shape index (κ2) is 9.01. The van der Waals surface area contributed by atoms with Gasteiger partial charge in [0.05, 0.1) is 41.6 Å². The Morgan fingerprint density at radius 2 is 1.73 bits per heavy atom. The maximum absolute atomic E-state index is 13.3. The van der Waals surface area contributed by atoms with E-state index in [1.54, 1.807) is 25.6 Å². The Hall–Kier alpha value is -3.75. The zero-order chi connectivity index (χ0) is 22.8. The van der Waals surface area contributed by atoms with Gasteiger partial charge in [0, 0.05) is 16.3 Å². The lowest BCUT2D eigenvalue weighted by atomic mass is 10.1. The monoisotopic (exact) mass is 473 g/mol. The molecule has 5 aromatic rings. The molecule has 5 rings (SSSR count). The van der Waals surface area contributed by atoms with Crippen LogP contribution < -0.4 is 14.8 Å². The number of hydrogen-bond donors (Lipinski definition) is 1. The molecule has 1 N–H and O–H groups in total. The zero-order valence-corrected chi connectivity index (χ0v) is 19.5. The Bertz CT molecular complexity index is 1440. The number of methoxy groups -OCH3 is 2. The molecule has 0 unspecified atom stereocenters. The fourth-order valence-corrected chi connectivity index (χ4v) is 4.94. The van der Waals surface area contributed by atoms with Crippen molar-refractivity contribution in [2.24, 2.45) is 0 Å². The molecular weight excluding hydrogens is 454 g/mol. The first-order valence-corrected chi connectivity index (χ1v) is 11.8. The summed E-state index contributed by atoms with van der Waals surface area (Å²) in [4.78, 5) is 23.6. The quantitative estimate of drug-likeness (QED) is 0.311. The molecule has 0 saturated carbocycles. The van der Waals surface area contributed by atoms with Crippen molar-refractivity contribution in [2.45, 2.75) is 0 Å². The van der Waals surface area contributed by atoms with Crippen molar-refractivity contribution >= 4 is 44.6 Å². The third-order valence-corrected chi connectivity index (χ3v) is 6.79. The molecule has 3 heterocycles. The molecule has 3 aromatic heterocycles. The third-order valence-electron chi connectivity index (χ3n) is 5.14. The Balaban J connectivity index is 1.46. The lowest BCUT2D eigenvalue weighted by Crippen LogP contribution is -2.13. The molecular formula is C25H19N3O3S2. The molecule has 0 aliphatic carbocycles. The van der Waals surface area contributed by atoms with Crippen molar-refractivity contribution in [3.63, 3.8) is 0 Å². The van der Waals surface area contributed by atoms with Gasteiger partial charge < -0.3 is 9.47 Å². The number of anilines is 1. The smallest absolute Gasteiger partial charge is 0.258 e. The fraction of sp³-hybridized carbons (Fsp3) is 0.0800. The number of carbonyl (C=O) groups excluding carboxylic acids is 1. The molecule has 0 saturated heterocycles. The number of thiazole rings is 1. The second-order valence-corrected chi connectivity index (χ2v) is 8.92. The molecule has 6 nitrogen and oxygen atoms in total. The summed E-state index contributed by atoms with van der Waals surface area (Å²) in [5.74, 6) is 1.05. The van der Waals surface area contributed by atoms with Crippen LogP contribution in [0.3, 0.4) is 0 Å². The van der Waals surface area contributed by atoms with E-state index in [-0.39, 0.29) is 5.91 Å². The summed E-state index contributed by atoms with van der Waals surface area (Å²) in [5, 5.41) is 8.17. The first-order chi connectivity index (χ1) is 16.2. The Labute approximate surface area is 198 Å². The lowest BCUT2D eigenvalue weighted by molar-refractivity contribution is 0.102. The van der Waals surface area contributed by atoms with Gasteiger partial charge in [0.25, 0.3) is 5.91 Å². The predicted octanol–water partition coefficient (Wildman–Crippen LogP) is 6.36. The van der Waals surface area contributed by atoms with Gasteiger partial charge in [0.15, 0.2) is 16.6 Å². The topological polar surface area (TPSA) is 73.3 Å². The third kappa shape index (κ3) is 4.18. The number of pyridine rings is 1. The van der Waals surface area contributed by atoms with E-state index in [0.29, 0.717) is 22.2 Å². The van der Waals surface area contributed by atoms with Gasteiger partial charge in [-0.1, -0.05) is 24.3 Å². The highest BCUT2D eigenvalue weighted by Gasteiger charge is 2.16. The SMILES string of the molecule is COc1ccc(-c2csc(NC(=O)c3cc(-c4cccs4)nc4ccccc34)n2)cc1OC. The molecule has 0 atom stereocenters. The molecule has 0 bridgehead atoms. The van der Waals surface area contributed by atoms with Gasteiger partial charge in [-0.15, -0.1) is 22.7 Å². The van der Waals surface area contributed by atoms with Crippen LogP contribution in [0.15, 0.2) is 71.4 Å². The number of carbonyl (C=O) groups is 1. The maximum Gasteiger partial charge on any atom is 0.258 e. The van der Waals surface area contributed by atoms with Crippen molar-refractivity contribution in [2.75, 3.05) is 19.5 Å². The zero-order valence-electron chi connectivity index (χ0n) is 17.9. The van der Waals surface area contributed by atoms with Crippen LogP contribution in [0.1, 0.15) is 10.4 Å². The van der Waals surface area contributed by atoms with Crippen LogP contribution in [-0.2, 0) is 0 Å². The van der Waals surface area contributed by atoms with E-state index in [2.05, 4.69) is 10.3 Å². The molecule has 8 heteroatoms. The van der Waals surface area contributed by atoms with Crippen LogP contribution in [-0.4, -0.2) is 30.1 Å². The summed E-state index contributed by atoms with van der Waals surface area (Å²) in [5.41, 5.74) is 3.73. The van der Waals surface area contributed by atoms with E-state index < -0.39 is 0 Å². The van der Waals surface area contributed by atoms with Gasteiger partial charge in [-0.05, 0) is 41.8 Å². The Morgan fingerprint density at radius 3 is 2.52 bits per heavy atom. The summed E-state index contributed by atoms with van der Waals surface area (Å²) in [6.07, 6.45) is 0. The average Bonchev–Trinajstić information content (AvgIpc) is 3.55. The van der Waals surface area contributed by atoms with Crippen LogP contribution >= 0.6 is 22.7 Å². The number of para-hydroxylation sites is 1. The fourth-order valence-electron chi connectivity index (χ4n) is 3.54. The highest BCUT2D eigenvalue weighted by molar-refractivity contribution is 7.14. The van der Waals surface area contributed by atoms with Gasteiger partial charge in [-0.3, -0.25) is 10.1 Å². The van der Waals surface area contributed by atoms with Crippen molar-refractivity contribution in [3.05, 3.63) is 77.0 Å². The Kier molecular flexibility index (Phi) is 5.77. The van der Waals surface area contributed by atoms with E-state index in [1.807, 2.05) is 71.4 Å². The molecule has 0 fully saturated rings. The van der Waals surface area contributed by atoms with Gasteiger partial charge in [-0.25, -0.2) is 9.97 Å². The minimum Gasteiger partial charge on any atom is -0.493 e. The van der Waals surface area contributed by atoms with E-state index >= 15 is 0 Å². The number of nitrogens with one attached hydrogen (secondary N) is 1. The highest BCUT2D eigenvalue weighted by Crippen LogP contribution is 2.34. The first kappa shape index (κ1) is 21.1. The predicted molar refractivity (Wildman–Crippen MR) is 134 cm³/mol. The summed E-state index contributed by atoms with van der Waals surface area (Å²) < 4.78 is 10.7. The molecule has 0 aliphatic heterocycles. The van der Waals surface area contributed by atoms with E-state index in [1.165, 1.54) is 11.3 Å². The minimum absolute atomic E-state index is 0.223.